The van der Waals surface area contributed by atoms with Gasteiger partial charge in [-0.25, -0.2) is 0 Å². The first-order chi connectivity index (χ1) is 9.83. The number of rotatable bonds is 9. The maximum absolute atomic E-state index is 5.37. The van der Waals surface area contributed by atoms with Gasteiger partial charge in [0.25, 0.3) is 0 Å². The van der Waals surface area contributed by atoms with Gasteiger partial charge >= 0.3 is 0 Å². The lowest BCUT2D eigenvalue weighted by Gasteiger charge is -2.11. The molecule has 1 heterocycles. The third-order valence-electron chi connectivity index (χ3n) is 4.28. The molecule has 1 aromatic heterocycles. The van der Waals surface area contributed by atoms with E-state index in [1.54, 1.807) is 0 Å². The van der Waals surface area contributed by atoms with Crippen molar-refractivity contribution in [1.82, 2.24) is 15.5 Å². The topological polar surface area (TPSA) is 51.0 Å². The van der Waals surface area contributed by atoms with Crippen molar-refractivity contribution in [3.05, 3.63) is 24.4 Å². The molecule has 0 saturated heterocycles. The molecule has 1 unspecified atom stereocenters. The van der Waals surface area contributed by atoms with Crippen LogP contribution in [0.5, 0.6) is 0 Å². The van der Waals surface area contributed by atoms with Crippen molar-refractivity contribution in [3.8, 4) is 0 Å². The van der Waals surface area contributed by atoms with Crippen molar-refractivity contribution in [2.75, 3.05) is 6.54 Å². The highest BCUT2D eigenvalue weighted by Crippen LogP contribution is 2.32. The minimum atomic E-state index is 0.508. The first-order valence-electron chi connectivity index (χ1n) is 7.97. The molecular formula is C16H27N3O. The Balaban J connectivity index is 1.67. The van der Waals surface area contributed by atoms with E-state index >= 15 is 0 Å². The summed E-state index contributed by atoms with van der Waals surface area (Å²) in [6.07, 6.45) is 10.5. The molecule has 4 heteroatoms. The smallest absolute Gasteiger partial charge is 0.229 e. The van der Waals surface area contributed by atoms with E-state index < -0.39 is 0 Å². The van der Waals surface area contributed by atoms with Gasteiger partial charge in [-0.2, -0.15) is 4.98 Å². The third-order valence-corrected chi connectivity index (χ3v) is 4.28. The Morgan fingerprint density at radius 3 is 2.95 bits per heavy atom. The van der Waals surface area contributed by atoms with Crippen molar-refractivity contribution in [2.24, 2.45) is 5.92 Å². The molecular weight excluding hydrogens is 250 g/mol. The summed E-state index contributed by atoms with van der Waals surface area (Å²) in [4.78, 5) is 4.51. The van der Waals surface area contributed by atoms with Gasteiger partial charge in [0.1, 0.15) is 0 Å². The molecule has 4 nitrogen and oxygen atoms in total. The summed E-state index contributed by atoms with van der Waals surface area (Å²) >= 11 is 0. The van der Waals surface area contributed by atoms with Crippen LogP contribution in [0.4, 0.5) is 0 Å². The predicted molar refractivity (Wildman–Crippen MR) is 80.4 cm³/mol. The number of allylic oxidation sites excluding steroid dienone is 1. The zero-order valence-electron chi connectivity index (χ0n) is 12.6. The monoisotopic (exact) mass is 277 g/mol. The van der Waals surface area contributed by atoms with Crippen LogP contribution in [0.2, 0.25) is 0 Å². The quantitative estimate of drug-likeness (QED) is 0.551. The molecule has 1 fully saturated rings. The Kier molecular flexibility index (Phi) is 6.25. The van der Waals surface area contributed by atoms with Gasteiger partial charge < -0.3 is 9.84 Å². The lowest BCUT2D eigenvalue weighted by atomic mass is 9.99. The fourth-order valence-electron chi connectivity index (χ4n) is 2.91. The number of aromatic nitrogens is 2. The van der Waals surface area contributed by atoms with E-state index in [2.05, 4.69) is 29.0 Å². The number of nitrogens with zero attached hydrogens (tertiary/aromatic N) is 2. The molecule has 1 atom stereocenters. The molecule has 0 bridgehead atoms. The highest BCUT2D eigenvalue weighted by molar-refractivity contribution is 4.96. The first kappa shape index (κ1) is 15.2. The fourth-order valence-corrected chi connectivity index (χ4v) is 2.91. The van der Waals surface area contributed by atoms with Crippen LogP contribution in [-0.2, 0) is 6.54 Å². The van der Waals surface area contributed by atoms with Gasteiger partial charge in [0.15, 0.2) is 5.82 Å². The minimum Gasteiger partial charge on any atom is -0.339 e. The molecule has 112 valence electrons. The molecule has 1 saturated carbocycles. The van der Waals surface area contributed by atoms with Gasteiger partial charge in [-0.15, -0.1) is 6.58 Å². The fraction of sp³-hybridized carbons (Fsp3) is 0.750. The second kappa shape index (κ2) is 8.20. The van der Waals surface area contributed by atoms with Gasteiger partial charge in [0, 0.05) is 5.92 Å². The summed E-state index contributed by atoms with van der Waals surface area (Å²) in [5.41, 5.74) is 0. The zero-order valence-corrected chi connectivity index (χ0v) is 12.6. The largest absolute Gasteiger partial charge is 0.339 e. The van der Waals surface area contributed by atoms with Gasteiger partial charge in [0.2, 0.25) is 5.89 Å². The average Bonchev–Trinajstić information content (AvgIpc) is 3.12. The highest BCUT2D eigenvalue weighted by atomic mass is 16.5. The Bertz CT molecular complexity index is 396. The van der Waals surface area contributed by atoms with E-state index in [0.717, 1.165) is 30.6 Å². The summed E-state index contributed by atoms with van der Waals surface area (Å²) in [6.45, 7) is 7.76. The van der Waals surface area contributed by atoms with E-state index in [1.807, 2.05) is 6.08 Å². The molecule has 1 aliphatic carbocycles. The molecule has 20 heavy (non-hydrogen) atoms. The highest BCUT2D eigenvalue weighted by Gasteiger charge is 2.22. The maximum Gasteiger partial charge on any atom is 0.229 e. The van der Waals surface area contributed by atoms with Crippen molar-refractivity contribution < 1.29 is 4.52 Å². The summed E-state index contributed by atoms with van der Waals surface area (Å²) in [5.74, 6) is 2.88. The number of hydrogen-bond acceptors (Lipinski definition) is 4. The van der Waals surface area contributed by atoms with Crippen LogP contribution in [0.15, 0.2) is 17.2 Å². The van der Waals surface area contributed by atoms with E-state index in [0.29, 0.717) is 12.5 Å². The van der Waals surface area contributed by atoms with Crippen molar-refractivity contribution in [1.29, 1.82) is 0 Å². The Morgan fingerprint density at radius 1 is 1.45 bits per heavy atom. The number of hydrogen-bond donors (Lipinski definition) is 1. The van der Waals surface area contributed by atoms with Crippen LogP contribution in [0.1, 0.15) is 69.5 Å². The van der Waals surface area contributed by atoms with Gasteiger partial charge in [0.05, 0.1) is 6.54 Å². The van der Waals surface area contributed by atoms with E-state index in [9.17, 15) is 0 Å². The third kappa shape index (κ3) is 4.44. The van der Waals surface area contributed by atoms with Crippen LogP contribution in [0.25, 0.3) is 0 Å². The molecule has 0 amide bonds. The number of nitrogens with one attached hydrogen (secondary N) is 1. The van der Waals surface area contributed by atoms with Gasteiger partial charge in [-0.1, -0.05) is 37.4 Å². The summed E-state index contributed by atoms with van der Waals surface area (Å²) < 4.78 is 5.37. The van der Waals surface area contributed by atoms with E-state index in [-0.39, 0.29) is 0 Å². The minimum absolute atomic E-state index is 0.508. The molecule has 2 rings (SSSR count). The van der Waals surface area contributed by atoms with Crippen LogP contribution < -0.4 is 5.32 Å². The first-order valence-corrected chi connectivity index (χ1v) is 7.97. The molecule has 1 aliphatic rings. The molecule has 1 N–H and O–H groups in total. The van der Waals surface area contributed by atoms with Gasteiger partial charge in [-0.3, -0.25) is 0 Å². The second-order valence-electron chi connectivity index (χ2n) is 5.79. The molecule has 0 aromatic carbocycles. The van der Waals surface area contributed by atoms with Crippen LogP contribution in [-0.4, -0.2) is 16.7 Å². The lowest BCUT2D eigenvalue weighted by Crippen LogP contribution is -2.18. The van der Waals surface area contributed by atoms with Crippen molar-refractivity contribution in [2.45, 2.75) is 64.3 Å². The second-order valence-corrected chi connectivity index (χ2v) is 5.79. The molecule has 0 aliphatic heterocycles. The zero-order chi connectivity index (χ0) is 14.2. The molecule has 1 aromatic rings. The normalized spacial score (nSPS) is 17.4. The molecule has 0 spiro atoms. The average molecular weight is 277 g/mol. The van der Waals surface area contributed by atoms with Crippen molar-refractivity contribution in [3.63, 3.8) is 0 Å². The summed E-state index contributed by atoms with van der Waals surface area (Å²) in [6, 6.07) is 0. The van der Waals surface area contributed by atoms with E-state index in [1.165, 1.54) is 38.5 Å². The van der Waals surface area contributed by atoms with Gasteiger partial charge in [-0.05, 0) is 38.1 Å². The maximum atomic E-state index is 5.37. The lowest BCUT2D eigenvalue weighted by molar-refractivity contribution is 0.349. The SMILES string of the molecule is C=CCC(CC)CCNCc1noc(C2CCCC2)n1. The van der Waals surface area contributed by atoms with Crippen molar-refractivity contribution >= 4 is 0 Å². The summed E-state index contributed by atoms with van der Waals surface area (Å²) in [5, 5.41) is 7.48. The molecule has 0 radical (unpaired) electrons. The Morgan fingerprint density at radius 2 is 2.25 bits per heavy atom. The van der Waals surface area contributed by atoms with E-state index in [4.69, 9.17) is 4.52 Å². The van der Waals surface area contributed by atoms with Crippen LogP contribution in [0, 0.1) is 5.92 Å². The standard InChI is InChI=1S/C16H27N3O/c1-3-7-13(4-2)10-11-17-12-15-18-16(20-19-15)14-8-5-6-9-14/h3,13-14,17H,1,4-12H2,2H3. The predicted octanol–water partition coefficient (Wildman–Crippen LogP) is 3.81. The van der Waals surface area contributed by atoms with Crippen LogP contribution >= 0.6 is 0 Å². The Labute approximate surface area is 122 Å². The Hall–Kier alpha value is -1.16. The van der Waals surface area contributed by atoms with Crippen LogP contribution in [0.3, 0.4) is 0 Å². The summed E-state index contributed by atoms with van der Waals surface area (Å²) in [7, 11) is 0.